The van der Waals surface area contributed by atoms with Gasteiger partial charge in [0.05, 0.1) is 28.7 Å². The van der Waals surface area contributed by atoms with Crippen LogP contribution in [0.4, 0.5) is 5.69 Å². The number of hydrogen-bond acceptors (Lipinski definition) is 6. The number of benzene rings is 3. The van der Waals surface area contributed by atoms with Gasteiger partial charge in [0, 0.05) is 17.6 Å². The zero-order valence-electron chi connectivity index (χ0n) is 20.1. The molecule has 1 aliphatic heterocycles. The van der Waals surface area contributed by atoms with Crippen LogP contribution < -0.4 is 0 Å². The lowest BCUT2D eigenvalue weighted by molar-refractivity contribution is -0.385. The second-order valence-electron chi connectivity index (χ2n) is 9.74. The van der Waals surface area contributed by atoms with E-state index in [2.05, 4.69) is 0 Å². The number of halogens is 3. The number of carbonyl (C=O) groups excluding carboxylic acids is 3. The fraction of sp³-hybridized carbons (Fsp3) is 0.250. The monoisotopic (exact) mass is 584 g/mol. The lowest BCUT2D eigenvalue weighted by Gasteiger charge is -2.54. The van der Waals surface area contributed by atoms with Gasteiger partial charge in [-0.05, 0) is 34.4 Å². The third-order valence-electron chi connectivity index (χ3n) is 7.85. The SMILES string of the molecule is O=C(CCN1C(=O)[C@@H]2[C@@H](C1=O)C1(Cl)c3ccccc3C2(Cl)c2ccccc21)OCc1ccc(Cl)cc1[N+](=O)[O-]. The molecule has 0 spiro atoms. The van der Waals surface area contributed by atoms with Gasteiger partial charge in [0.15, 0.2) is 0 Å². The predicted octanol–water partition coefficient (Wildman–Crippen LogP) is 5.27. The minimum absolute atomic E-state index is 0.164. The highest BCUT2D eigenvalue weighted by Crippen LogP contribution is 2.69. The summed E-state index contributed by atoms with van der Waals surface area (Å²) in [5.74, 6) is -3.65. The fourth-order valence-electron chi connectivity index (χ4n) is 6.21. The second-order valence-corrected chi connectivity index (χ2v) is 11.4. The molecule has 1 saturated heterocycles. The molecule has 1 heterocycles. The van der Waals surface area contributed by atoms with Gasteiger partial charge in [-0.25, -0.2) is 0 Å². The molecule has 11 heteroatoms. The van der Waals surface area contributed by atoms with Gasteiger partial charge in [-0.2, -0.15) is 0 Å². The summed E-state index contributed by atoms with van der Waals surface area (Å²) < 4.78 is 5.22. The van der Waals surface area contributed by atoms with E-state index in [1.165, 1.54) is 18.2 Å². The maximum Gasteiger partial charge on any atom is 0.307 e. The molecule has 0 unspecified atom stereocenters. The van der Waals surface area contributed by atoms with Gasteiger partial charge in [0.1, 0.15) is 16.4 Å². The molecule has 3 aromatic carbocycles. The molecule has 0 N–H and O–H groups in total. The van der Waals surface area contributed by atoms with E-state index in [-0.39, 0.29) is 35.8 Å². The van der Waals surface area contributed by atoms with E-state index in [1.807, 2.05) is 48.5 Å². The minimum atomic E-state index is -1.30. The number of carbonyl (C=O) groups is 3. The number of nitrogens with zero attached hydrogens (tertiary/aromatic N) is 2. The smallest absolute Gasteiger partial charge is 0.307 e. The van der Waals surface area contributed by atoms with Crippen molar-refractivity contribution in [3.8, 4) is 0 Å². The molecule has 39 heavy (non-hydrogen) atoms. The van der Waals surface area contributed by atoms with Crippen LogP contribution >= 0.6 is 34.8 Å². The number of nitro benzene ring substituents is 1. The van der Waals surface area contributed by atoms with Crippen LogP contribution in [-0.4, -0.2) is 34.2 Å². The lowest BCUT2D eigenvalue weighted by atomic mass is 9.54. The van der Waals surface area contributed by atoms with Gasteiger partial charge in [0.2, 0.25) is 11.8 Å². The molecule has 0 aromatic heterocycles. The molecule has 4 aliphatic rings. The average molecular weight is 586 g/mol. The summed E-state index contributed by atoms with van der Waals surface area (Å²) in [6.45, 7) is -0.599. The largest absolute Gasteiger partial charge is 0.460 e. The zero-order chi connectivity index (χ0) is 27.7. The van der Waals surface area contributed by atoms with Crippen molar-refractivity contribution in [1.29, 1.82) is 0 Å². The molecule has 3 aliphatic carbocycles. The predicted molar refractivity (Wildman–Crippen MR) is 142 cm³/mol. The minimum Gasteiger partial charge on any atom is -0.460 e. The molecular weight excluding hydrogens is 567 g/mol. The summed E-state index contributed by atoms with van der Waals surface area (Å²) in [7, 11) is 0. The standard InChI is InChI=1S/C28H19Cl3N2O6/c29-16-10-9-15(21(13-16)33(37)38)14-39-22(34)11-12-32-25(35)23-24(26(32)36)28(31)18-6-2-1-5-17(18)27(23,30)19-7-3-4-8-20(19)28/h1-10,13,23-24H,11-12,14H2/t23-,24-,27?,28?/m0/s1. The van der Waals surface area contributed by atoms with Crippen molar-refractivity contribution in [2.24, 2.45) is 11.8 Å². The third-order valence-corrected chi connectivity index (χ3v) is 9.37. The van der Waals surface area contributed by atoms with Crippen LogP contribution in [0.25, 0.3) is 0 Å². The molecule has 0 radical (unpaired) electrons. The highest BCUT2D eigenvalue weighted by molar-refractivity contribution is 6.36. The summed E-state index contributed by atoms with van der Waals surface area (Å²) >= 11 is 20.6. The van der Waals surface area contributed by atoms with Crippen LogP contribution in [0.1, 0.15) is 34.2 Å². The maximum absolute atomic E-state index is 13.8. The van der Waals surface area contributed by atoms with Crippen LogP contribution in [0.5, 0.6) is 0 Å². The first-order valence-corrected chi connectivity index (χ1v) is 13.2. The van der Waals surface area contributed by atoms with Crippen molar-refractivity contribution in [3.05, 3.63) is 110 Å². The Bertz CT molecular complexity index is 1470. The van der Waals surface area contributed by atoms with Gasteiger partial charge in [-0.3, -0.25) is 29.4 Å². The van der Waals surface area contributed by atoms with Crippen LogP contribution in [0.2, 0.25) is 5.02 Å². The molecule has 2 atom stereocenters. The summed E-state index contributed by atoms with van der Waals surface area (Å²) in [6.07, 6.45) is -0.303. The number of imide groups is 1. The average Bonchev–Trinajstić information content (AvgIpc) is 3.20. The van der Waals surface area contributed by atoms with E-state index in [9.17, 15) is 24.5 Å². The highest BCUT2D eigenvalue weighted by Gasteiger charge is 2.72. The summed E-state index contributed by atoms with van der Waals surface area (Å²) in [5.41, 5.74) is 2.64. The summed E-state index contributed by atoms with van der Waals surface area (Å²) in [6, 6.07) is 18.6. The van der Waals surface area contributed by atoms with Gasteiger partial charge in [0.25, 0.3) is 5.69 Å². The molecule has 3 aromatic rings. The van der Waals surface area contributed by atoms with E-state index in [0.717, 1.165) is 4.90 Å². The summed E-state index contributed by atoms with van der Waals surface area (Å²) in [5, 5.41) is 11.5. The van der Waals surface area contributed by atoms with Crippen molar-refractivity contribution in [1.82, 2.24) is 4.90 Å². The highest BCUT2D eigenvalue weighted by atomic mass is 35.5. The molecule has 0 saturated carbocycles. The number of nitro groups is 1. The first-order chi connectivity index (χ1) is 18.6. The first kappa shape index (κ1) is 25.8. The Hall–Kier alpha value is -3.46. The van der Waals surface area contributed by atoms with Gasteiger partial charge in [-0.15, -0.1) is 23.2 Å². The number of likely N-dealkylation sites (tertiary alicyclic amines) is 1. The second kappa shape index (κ2) is 9.05. The summed E-state index contributed by atoms with van der Waals surface area (Å²) in [4.78, 5) is 49.2. The van der Waals surface area contributed by atoms with Crippen molar-refractivity contribution in [2.75, 3.05) is 6.54 Å². The number of alkyl halides is 2. The number of esters is 1. The van der Waals surface area contributed by atoms with Crippen molar-refractivity contribution in [2.45, 2.75) is 22.8 Å². The Morgan fingerprint density at radius 3 is 1.85 bits per heavy atom. The molecule has 2 bridgehead atoms. The van der Waals surface area contributed by atoms with E-state index in [1.54, 1.807) is 0 Å². The number of amides is 2. The first-order valence-electron chi connectivity index (χ1n) is 12.1. The van der Waals surface area contributed by atoms with Gasteiger partial charge >= 0.3 is 5.97 Å². The normalized spacial score (nSPS) is 26.2. The Labute approximate surface area is 237 Å². The lowest BCUT2D eigenvalue weighted by Crippen LogP contribution is -2.57. The van der Waals surface area contributed by atoms with Crippen LogP contribution in [0.15, 0.2) is 66.7 Å². The Morgan fingerprint density at radius 2 is 1.38 bits per heavy atom. The molecule has 2 amide bonds. The number of hydrogen-bond donors (Lipinski definition) is 0. The Balaban J connectivity index is 1.25. The quantitative estimate of drug-likeness (QED) is 0.128. The Morgan fingerprint density at radius 1 is 0.897 bits per heavy atom. The van der Waals surface area contributed by atoms with Gasteiger partial charge < -0.3 is 4.74 Å². The van der Waals surface area contributed by atoms with Crippen LogP contribution in [0, 0.1) is 22.0 Å². The fourth-order valence-corrected chi connectivity index (χ4v) is 7.47. The zero-order valence-corrected chi connectivity index (χ0v) is 22.4. The molecular formula is C28H19Cl3N2O6. The topological polar surface area (TPSA) is 107 Å². The van der Waals surface area contributed by atoms with Gasteiger partial charge in [-0.1, -0.05) is 60.1 Å². The maximum atomic E-state index is 13.8. The molecule has 1 fully saturated rings. The van der Waals surface area contributed by atoms with E-state index < -0.39 is 44.3 Å². The van der Waals surface area contributed by atoms with Crippen molar-refractivity contribution >= 4 is 58.3 Å². The Kier molecular flexibility index (Phi) is 5.98. The number of rotatable bonds is 6. The van der Waals surface area contributed by atoms with Crippen LogP contribution in [0.3, 0.4) is 0 Å². The third kappa shape index (κ3) is 3.55. The van der Waals surface area contributed by atoms with Crippen molar-refractivity contribution in [3.63, 3.8) is 0 Å². The van der Waals surface area contributed by atoms with Crippen molar-refractivity contribution < 1.29 is 24.0 Å². The molecule has 8 nitrogen and oxygen atoms in total. The van der Waals surface area contributed by atoms with E-state index in [0.29, 0.717) is 22.3 Å². The number of ether oxygens (including phenoxy) is 1. The van der Waals surface area contributed by atoms with E-state index in [4.69, 9.17) is 39.5 Å². The van der Waals surface area contributed by atoms with E-state index >= 15 is 0 Å². The molecule has 7 rings (SSSR count). The van der Waals surface area contributed by atoms with Crippen LogP contribution in [-0.2, 0) is 35.5 Å². The molecule has 198 valence electrons.